The fourth-order valence-electron chi connectivity index (χ4n) is 1.09. The van der Waals surface area contributed by atoms with E-state index >= 15 is 0 Å². The lowest BCUT2D eigenvalue weighted by atomic mass is 10.3. The summed E-state index contributed by atoms with van der Waals surface area (Å²) in [6, 6.07) is 3.61. The van der Waals surface area contributed by atoms with Crippen molar-refractivity contribution in [2.75, 3.05) is 0 Å². The maximum atomic E-state index is 8.85. The molecule has 0 amide bonds. The van der Waals surface area contributed by atoms with Crippen LogP contribution in [0.5, 0.6) is 0 Å². The van der Waals surface area contributed by atoms with Crippen molar-refractivity contribution >= 4 is 34.9 Å². The first-order valence-electron chi connectivity index (χ1n) is 4.79. The first-order chi connectivity index (χ1) is 8.24. The number of nitriles is 1. The minimum absolute atomic E-state index is 0.369. The summed E-state index contributed by atoms with van der Waals surface area (Å²) in [6.07, 6.45) is 2.37. The molecule has 0 atom stereocenters. The molecule has 7 heteroatoms. The topological polar surface area (TPSA) is 62.5 Å². The average Bonchev–Trinajstić information content (AvgIpc) is 2.79. The van der Waals surface area contributed by atoms with E-state index in [0.717, 1.165) is 16.6 Å². The van der Waals surface area contributed by atoms with Crippen molar-refractivity contribution in [3.8, 4) is 6.07 Å². The molecule has 0 bridgehead atoms. The predicted octanol–water partition coefficient (Wildman–Crippen LogP) is 3.17. The number of hydrogen-bond acceptors (Lipinski definition) is 6. The maximum Gasteiger partial charge on any atom is 0.176 e. The number of halogens is 1. The van der Waals surface area contributed by atoms with Gasteiger partial charge in [0, 0.05) is 12.6 Å². The summed E-state index contributed by atoms with van der Waals surface area (Å²) in [5, 5.41) is 9.81. The van der Waals surface area contributed by atoms with Crippen LogP contribution in [0.1, 0.15) is 18.3 Å². The van der Waals surface area contributed by atoms with E-state index in [1.54, 1.807) is 12.3 Å². The number of pyridine rings is 1. The molecule has 17 heavy (non-hydrogen) atoms. The van der Waals surface area contributed by atoms with Gasteiger partial charge in [-0.25, -0.2) is 9.97 Å². The Labute approximate surface area is 112 Å². The summed E-state index contributed by atoms with van der Waals surface area (Å²) in [5.41, 5.74) is 0.421. The Kier molecular flexibility index (Phi) is 3.94. The largest absolute Gasteiger partial charge is 0.248 e. The Hall–Kier alpha value is -1.16. The van der Waals surface area contributed by atoms with Gasteiger partial charge in [-0.15, -0.1) is 0 Å². The van der Waals surface area contributed by atoms with Crippen LogP contribution in [0.25, 0.3) is 0 Å². The Morgan fingerprint density at radius 3 is 3.06 bits per heavy atom. The van der Waals surface area contributed by atoms with Crippen molar-refractivity contribution in [3.63, 3.8) is 0 Å². The first kappa shape index (κ1) is 12.3. The van der Waals surface area contributed by atoms with Crippen LogP contribution in [0.15, 0.2) is 21.6 Å². The van der Waals surface area contributed by atoms with E-state index in [1.807, 2.05) is 13.0 Å². The highest BCUT2D eigenvalue weighted by Crippen LogP contribution is 2.33. The second-order valence-electron chi connectivity index (χ2n) is 3.02. The predicted molar refractivity (Wildman–Crippen MR) is 67.4 cm³/mol. The zero-order chi connectivity index (χ0) is 12.3. The Morgan fingerprint density at radius 1 is 1.59 bits per heavy atom. The minimum Gasteiger partial charge on any atom is -0.248 e. The van der Waals surface area contributed by atoms with Crippen LogP contribution in [-0.4, -0.2) is 14.3 Å². The summed E-state index contributed by atoms with van der Waals surface area (Å²) in [5.74, 6) is 0.810. The molecule has 2 heterocycles. The smallest absolute Gasteiger partial charge is 0.176 e. The van der Waals surface area contributed by atoms with Crippen LogP contribution < -0.4 is 0 Å². The van der Waals surface area contributed by atoms with E-state index in [2.05, 4.69) is 14.3 Å². The van der Waals surface area contributed by atoms with Gasteiger partial charge >= 0.3 is 0 Å². The molecule has 0 aliphatic carbocycles. The number of aryl methyl sites for hydroxylation is 1. The van der Waals surface area contributed by atoms with E-state index < -0.39 is 0 Å². The Balaban J connectivity index is 2.27. The Bertz CT molecular complexity index is 576. The average molecular weight is 283 g/mol. The number of nitrogens with zero attached hydrogens (tertiary/aromatic N) is 4. The van der Waals surface area contributed by atoms with Gasteiger partial charge in [-0.3, -0.25) is 0 Å². The van der Waals surface area contributed by atoms with Gasteiger partial charge in [0.1, 0.15) is 16.9 Å². The summed E-state index contributed by atoms with van der Waals surface area (Å²) in [4.78, 5) is 8.45. The van der Waals surface area contributed by atoms with Crippen molar-refractivity contribution in [2.45, 2.75) is 22.7 Å². The number of aromatic nitrogens is 3. The van der Waals surface area contributed by atoms with Crippen LogP contribution in [0.3, 0.4) is 0 Å². The molecule has 0 fully saturated rings. The molecular weight excluding hydrogens is 276 g/mol. The summed E-state index contributed by atoms with van der Waals surface area (Å²) < 4.78 is 4.96. The fourth-order valence-corrected chi connectivity index (χ4v) is 2.98. The second kappa shape index (κ2) is 5.45. The molecule has 0 spiro atoms. The van der Waals surface area contributed by atoms with Crippen molar-refractivity contribution < 1.29 is 0 Å². The highest BCUT2D eigenvalue weighted by atomic mass is 35.5. The van der Waals surface area contributed by atoms with Gasteiger partial charge in [0.25, 0.3) is 0 Å². The molecule has 0 aliphatic heterocycles. The molecule has 2 rings (SSSR count). The standard InChI is InChI=1S/C10H7ClN4S2/c1-2-7-14-10(17-15-7)16-9-8(11)6(5-12)3-4-13-9/h3-4H,2H2,1H3. The molecule has 0 N–H and O–H groups in total. The highest BCUT2D eigenvalue weighted by Gasteiger charge is 2.11. The Morgan fingerprint density at radius 2 is 2.41 bits per heavy atom. The molecule has 4 nitrogen and oxygen atoms in total. The summed E-state index contributed by atoms with van der Waals surface area (Å²) >= 11 is 8.69. The summed E-state index contributed by atoms with van der Waals surface area (Å²) in [6.45, 7) is 2.00. The van der Waals surface area contributed by atoms with Crippen molar-refractivity contribution in [1.82, 2.24) is 14.3 Å². The van der Waals surface area contributed by atoms with Crippen LogP contribution in [0.2, 0.25) is 5.02 Å². The van der Waals surface area contributed by atoms with Gasteiger partial charge in [-0.05, 0) is 29.4 Å². The molecule has 0 saturated carbocycles. The van der Waals surface area contributed by atoms with E-state index in [4.69, 9.17) is 16.9 Å². The number of rotatable bonds is 3. The third-order valence-corrected chi connectivity index (χ3v) is 4.21. The van der Waals surface area contributed by atoms with Crippen molar-refractivity contribution in [3.05, 3.63) is 28.7 Å². The lowest BCUT2D eigenvalue weighted by molar-refractivity contribution is 0.970. The van der Waals surface area contributed by atoms with Gasteiger partial charge in [-0.1, -0.05) is 18.5 Å². The van der Waals surface area contributed by atoms with Crippen LogP contribution in [0.4, 0.5) is 0 Å². The molecule has 0 aliphatic rings. The SMILES string of the molecule is CCc1nsc(Sc2nccc(C#N)c2Cl)n1. The quantitative estimate of drug-likeness (QED) is 0.865. The highest BCUT2D eigenvalue weighted by molar-refractivity contribution is 8.01. The monoisotopic (exact) mass is 282 g/mol. The lowest BCUT2D eigenvalue weighted by Crippen LogP contribution is -1.86. The van der Waals surface area contributed by atoms with Crippen LogP contribution in [0, 0.1) is 11.3 Å². The van der Waals surface area contributed by atoms with Crippen molar-refractivity contribution in [1.29, 1.82) is 5.26 Å². The maximum absolute atomic E-state index is 8.85. The minimum atomic E-state index is 0.369. The zero-order valence-electron chi connectivity index (χ0n) is 8.85. The van der Waals surface area contributed by atoms with E-state index in [0.29, 0.717) is 15.6 Å². The van der Waals surface area contributed by atoms with Crippen LogP contribution in [-0.2, 0) is 6.42 Å². The van der Waals surface area contributed by atoms with Gasteiger partial charge in [0.2, 0.25) is 0 Å². The van der Waals surface area contributed by atoms with Gasteiger partial charge < -0.3 is 0 Å². The molecule has 0 aromatic carbocycles. The fraction of sp³-hybridized carbons (Fsp3) is 0.200. The van der Waals surface area contributed by atoms with E-state index in [-0.39, 0.29) is 0 Å². The third kappa shape index (κ3) is 2.75. The molecular formula is C10H7ClN4S2. The van der Waals surface area contributed by atoms with Crippen molar-refractivity contribution in [2.24, 2.45) is 0 Å². The van der Waals surface area contributed by atoms with E-state index in [9.17, 15) is 0 Å². The lowest BCUT2D eigenvalue weighted by Gasteiger charge is -2.00. The normalized spacial score (nSPS) is 10.2. The summed E-state index contributed by atoms with van der Waals surface area (Å²) in [7, 11) is 0. The molecule has 0 unspecified atom stereocenters. The first-order valence-corrected chi connectivity index (χ1v) is 6.76. The molecule has 0 radical (unpaired) electrons. The number of hydrogen-bond donors (Lipinski definition) is 0. The molecule has 86 valence electrons. The van der Waals surface area contributed by atoms with Gasteiger partial charge in [0.15, 0.2) is 4.34 Å². The molecule has 2 aromatic heterocycles. The van der Waals surface area contributed by atoms with Gasteiger partial charge in [-0.2, -0.15) is 9.64 Å². The zero-order valence-corrected chi connectivity index (χ0v) is 11.2. The van der Waals surface area contributed by atoms with E-state index in [1.165, 1.54) is 23.3 Å². The molecule has 0 saturated heterocycles. The third-order valence-electron chi connectivity index (χ3n) is 1.93. The van der Waals surface area contributed by atoms with Crippen LogP contribution >= 0.6 is 34.9 Å². The molecule has 2 aromatic rings. The van der Waals surface area contributed by atoms with Gasteiger partial charge in [0.05, 0.1) is 10.6 Å². The second-order valence-corrected chi connectivity index (χ2v) is 5.39.